The Labute approximate surface area is 78.5 Å². The molecule has 0 aliphatic carbocycles. The van der Waals surface area contributed by atoms with Gasteiger partial charge in [-0.1, -0.05) is 11.6 Å². The summed E-state index contributed by atoms with van der Waals surface area (Å²) in [7, 11) is 1.33. The Balaban J connectivity index is 2.38. The maximum absolute atomic E-state index is 10.7. The molecule has 0 aromatic carbocycles. The zero-order valence-corrected chi connectivity index (χ0v) is 7.91. The maximum Gasteiger partial charge on any atom is 0.325 e. The minimum atomic E-state index is -0.332. The molecule has 4 nitrogen and oxygen atoms in total. The molecule has 0 fully saturated rings. The summed E-state index contributed by atoms with van der Waals surface area (Å²) in [6.45, 7) is 0.111. The first-order valence-corrected chi connectivity index (χ1v) is 4.40. The summed E-state index contributed by atoms with van der Waals surface area (Å²) in [5, 5.41) is 5.49. The van der Waals surface area contributed by atoms with Crippen molar-refractivity contribution in [2.45, 2.75) is 0 Å². The number of nitrogens with zero attached hydrogens (tertiary/aromatic N) is 1. The smallest absolute Gasteiger partial charge is 0.325 e. The molecule has 1 heterocycles. The fourth-order valence-corrected chi connectivity index (χ4v) is 1.39. The summed E-state index contributed by atoms with van der Waals surface area (Å²) >= 11 is 6.89. The molecule has 0 aliphatic heterocycles. The van der Waals surface area contributed by atoms with Crippen LogP contribution in [-0.4, -0.2) is 24.6 Å². The normalized spacial score (nSPS) is 9.50. The van der Waals surface area contributed by atoms with Crippen molar-refractivity contribution in [3.63, 3.8) is 0 Å². The van der Waals surface area contributed by atoms with Crippen molar-refractivity contribution in [1.82, 2.24) is 4.98 Å². The molecule has 0 saturated heterocycles. The zero-order chi connectivity index (χ0) is 8.97. The van der Waals surface area contributed by atoms with Gasteiger partial charge in [-0.15, -0.1) is 11.3 Å². The van der Waals surface area contributed by atoms with E-state index in [0.717, 1.165) is 0 Å². The Morgan fingerprint density at radius 2 is 2.67 bits per heavy atom. The molecule has 0 bridgehead atoms. The number of hydrogen-bond acceptors (Lipinski definition) is 5. The molecular formula is C6H7ClN2O2S. The molecule has 1 aromatic rings. The summed E-state index contributed by atoms with van der Waals surface area (Å²) in [5.74, 6) is -0.332. The van der Waals surface area contributed by atoms with E-state index in [9.17, 15) is 4.79 Å². The molecule has 0 aliphatic rings. The third kappa shape index (κ3) is 2.67. The summed E-state index contributed by atoms with van der Waals surface area (Å²) < 4.78 is 4.42. The van der Waals surface area contributed by atoms with Gasteiger partial charge >= 0.3 is 5.97 Å². The van der Waals surface area contributed by atoms with Gasteiger partial charge in [0.1, 0.15) is 11.7 Å². The highest BCUT2D eigenvalue weighted by Gasteiger charge is 2.02. The van der Waals surface area contributed by atoms with Crippen LogP contribution in [0.25, 0.3) is 0 Å². The van der Waals surface area contributed by atoms with Crippen LogP contribution >= 0.6 is 22.9 Å². The molecule has 0 radical (unpaired) electrons. The Hall–Kier alpha value is -0.810. The lowest BCUT2D eigenvalue weighted by Crippen LogP contribution is -2.14. The standard InChI is InChI=1S/C6H7ClN2O2S/c1-11-5(10)2-8-6-9-4(7)3-12-6/h3H,2H2,1H3,(H,8,9). The van der Waals surface area contributed by atoms with Crippen molar-refractivity contribution in [2.24, 2.45) is 0 Å². The predicted molar refractivity (Wildman–Crippen MR) is 47.6 cm³/mol. The number of carbonyl (C=O) groups is 1. The monoisotopic (exact) mass is 206 g/mol. The van der Waals surface area contributed by atoms with E-state index in [1.54, 1.807) is 5.38 Å². The number of aromatic nitrogens is 1. The molecule has 12 heavy (non-hydrogen) atoms. The highest BCUT2D eigenvalue weighted by molar-refractivity contribution is 7.14. The fraction of sp³-hybridized carbons (Fsp3) is 0.333. The van der Waals surface area contributed by atoms with Crippen LogP contribution in [0.1, 0.15) is 0 Å². The third-order valence-corrected chi connectivity index (χ3v) is 2.21. The van der Waals surface area contributed by atoms with Gasteiger partial charge in [-0.05, 0) is 0 Å². The number of nitrogens with one attached hydrogen (secondary N) is 1. The third-order valence-electron chi connectivity index (χ3n) is 1.09. The fourth-order valence-electron chi connectivity index (χ4n) is 0.555. The first kappa shape index (κ1) is 9.28. The van der Waals surface area contributed by atoms with Gasteiger partial charge in [0.2, 0.25) is 0 Å². The molecule has 0 saturated carbocycles. The number of ether oxygens (including phenoxy) is 1. The maximum atomic E-state index is 10.7. The van der Waals surface area contributed by atoms with E-state index in [0.29, 0.717) is 10.3 Å². The lowest BCUT2D eigenvalue weighted by molar-refractivity contribution is -0.138. The first-order chi connectivity index (χ1) is 5.72. The van der Waals surface area contributed by atoms with Crippen LogP contribution < -0.4 is 5.32 Å². The van der Waals surface area contributed by atoms with Crippen molar-refractivity contribution in [2.75, 3.05) is 19.0 Å². The Bertz CT molecular complexity index is 276. The molecule has 0 spiro atoms. The minimum absolute atomic E-state index is 0.111. The van der Waals surface area contributed by atoms with E-state index in [1.807, 2.05) is 0 Å². The molecule has 6 heteroatoms. The van der Waals surface area contributed by atoms with Crippen LogP contribution in [0.15, 0.2) is 5.38 Å². The summed E-state index contributed by atoms with van der Waals surface area (Å²) in [6, 6.07) is 0. The second kappa shape index (κ2) is 4.27. The number of hydrogen-bond donors (Lipinski definition) is 1. The van der Waals surface area contributed by atoms with E-state index in [2.05, 4.69) is 15.0 Å². The lowest BCUT2D eigenvalue weighted by atomic mass is 10.6. The van der Waals surface area contributed by atoms with Crippen LogP contribution in [0.5, 0.6) is 0 Å². The summed E-state index contributed by atoms with van der Waals surface area (Å²) in [4.78, 5) is 14.5. The lowest BCUT2D eigenvalue weighted by Gasteiger charge is -1.98. The molecule has 1 N–H and O–H groups in total. The largest absolute Gasteiger partial charge is 0.468 e. The van der Waals surface area contributed by atoms with E-state index >= 15 is 0 Å². The number of esters is 1. The quantitative estimate of drug-likeness (QED) is 0.760. The number of rotatable bonds is 3. The zero-order valence-electron chi connectivity index (χ0n) is 6.33. The Kier molecular flexibility index (Phi) is 3.31. The SMILES string of the molecule is COC(=O)CNc1nc(Cl)cs1. The number of thiazole rings is 1. The summed E-state index contributed by atoms with van der Waals surface area (Å²) in [5.41, 5.74) is 0. The van der Waals surface area contributed by atoms with Crippen LogP contribution in [0.2, 0.25) is 5.15 Å². The van der Waals surface area contributed by atoms with Gasteiger partial charge in [-0.2, -0.15) is 0 Å². The van der Waals surface area contributed by atoms with Crippen molar-refractivity contribution in [3.8, 4) is 0 Å². The molecule has 0 atom stereocenters. The molecule has 1 aromatic heterocycles. The molecule has 0 unspecified atom stereocenters. The highest BCUT2D eigenvalue weighted by atomic mass is 35.5. The molecular weight excluding hydrogens is 200 g/mol. The van der Waals surface area contributed by atoms with E-state index in [4.69, 9.17) is 11.6 Å². The van der Waals surface area contributed by atoms with E-state index in [-0.39, 0.29) is 12.5 Å². The number of halogens is 1. The Morgan fingerprint density at radius 1 is 1.92 bits per heavy atom. The van der Waals surface area contributed by atoms with Gasteiger partial charge < -0.3 is 10.1 Å². The molecule has 0 amide bonds. The van der Waals surface area contributed by atoms with Crippen molar-refractivity contribution < 1.29 is 9.53 Å². The molecule has 1 rings (SSSR count). The van der Waals surface area contributed by atoms with Crippen molar-refractivity contribution >= 4 is 34.0 Å². The van der Waals surface area contributed by atoms with E-state index in [1.165, 1.54) is 18.4 Å². The highest BCUT2D eigenvalue weighted by Crippen LogP contribution is 2.18. The summed E-state index contributed by atoms with van der Waals surface area (Å²) in [6.07, 6.45) is 0. The molecule has 66 valence electrons. The second-order valence-electron chi connectivity index (χ2n) is 1.91. The van der Waals surface area contributed by atoms with Crippen LogP contribution in [0.4, 0.5) is 5.13 Å². The van der Waals surface area contributed by atoms with E-state index < -0.39 is 0 Å². The Morgan fingerprint density at radius 3 is 3.17 bits per heavy atom. The topological polar surface area (TPSA) is 51.2 Å². The first-order valence-electron chi connectivity index (χ1n) is 3.14. The van der Waals surface area contributed by atoms with Gasteiger partial charge in [0.05, 0.1) is 7.11 Å². The van der Waals surface area contributed by atoms with Crippen LogP contribution in [0.3, 0.4) is 0 Å². The predicted octanol–water partition coefficient (Wildman–Crippen LogP) is 1.38. The van der Waals surface area contributed by atoms with Crippen molar-refractivity contribution in [1.29, 1.82) is 0 Å². The average molecular weight is 207 g/mol. The second-order valence-corrected chi connectivity index (χ2v) is 3.15. The number of methoxy groups -OCH3 is 1. The van der Waals surface area contributed by atoms with Gasteiger partial charge in [0.15, 0.2) is 5.13 Å². The van der Waals surface area contributed by atoms with Crippen molar-refractivity contribution in [3.05, 3.63) is 10.5 Å². The average Bonchev–Trinajstić information content (AvgIpc) is 2.47. The van der Waals surface area contributed by atoms with Gasteiger partial charge in [-0.3, -0.25) is 4.79 Å². The van der Waals surface area contributed by atoms with Gasteiger partial charge in [0, 0.05) is 5.38 Å². The van der Waals surface area contributed by atoms with Crippen LogP contribution in [-0.2, 0) is 9.53 Å². The van der Waals surface area contributed by atoms with Gasteiger partial charge in [0.25, 0.3) is 0 Å². The van der Waals surface area contributed by atoms with Crippen LogP contribution in [0, 0.1) is 0 Å². The number of anilines is 1. The minimum Gasteiger partial charge on any atom is -0.468 e. The number of carbonyl (C=O) groups excluding carboxylic acids is 1. The van der Waals surface area contributed by atoms with Gasteiger partial charge in [-0.25, -0.2) is 4.98 Å².